The van der Waals surface area contributed by atoms with E-state index in [1.165, 1.54) is 6.33 Å². The van der Waals surface area contributed by atoms with Gasteiger partial charge in [-0.3, -0.25) is 4.79 Å². The topological polar surface area (TPSA) is 94.0 Å². The van der Waals surface area contributed by atoms with Gasteiger partial charge >= 0.3 is 0 Å². The van der Waals surface area contributed by atoms with E-state index in [9.17, 15) is 4.79 Å². The molecule has 1 amide bonds. The number of benzene rings is 1. The fourth-order valence-corrected chi connectivity index (χ4v) is 1.87. The molecule has 1 heterocycles. The van der Waals surface area contributed by atoms with Gasteiger partial charge in [-0.2, -0.15) is 4.98 Å². The highest BCUT2D eigenvalue weighted by Gasteiger charge is 2.07. The molecule has 94 valence electrons. The normalized spacial score (nSPS) is 10.3. The molecule has 0 saturated heterocycles. The Bertz CT molecular complexity index is 542. The lowest BCUT2D eigenvalue weighted by atomic mass is 10.2. The van der Waals surface area contributed by atoms with Gasteiger partial charge in [0.25, 0.3) is 5.91 Å². The van der Waals surface area contributed by atoms with E-state index in [1.807, 2.05) is 0 Å². The van der Waals surface area contributed by atoms with Crippen molar-refractivity contribution in [2.75, 3.05) is 12.3 Å². The number of nitrogens with zero attached hydrogens (tertiary/aromatic N) is 2. The molecule has 2 rings (SSSR count). The molecule has 0 aliphatic heterocycles. The summed E-state index contributed by atoms with van der Waals surface area (Å²) < 4.78 is 5.68. The Labute approximate surface area is 117 Å². The third-order valence-corrected chi connectivity index (χ3v) is 3.23. The lowest BCUT2D eigenvalue weighted by molar-refractivity contribution is 0.0953. The zero-order chi connectivity index (χ0) is 13.0. The van der Waals surface area contributed by atoms with Crippen LogP contribution < -0.4 is 11.1 Å². The van der Waals surface area contributed by atoms with E-state index in [1.54, 1.807) is 18.2 Å². The average molecular weight is 358 g/mol. The van der Waals surface area contributed by atoms with Crippen LogP contribution in [0.3, 0.4) is 0 Å². The summed E-state index contributed by atoms with van der Waals surface area (Å²) in [5, 5.41) is 6.26. The highest BCUT2D eigenvalue weighted by Crippen LogP contribution is 2.16. The summed E-state index contributed by atoms with van der Waals surface area (Å²) in [6.45, 7) is 0.446. The number of anilines is 1. The largest absolute Gasteiger partial charge is 0.398 e. The minimum absolute atomic E-state index is 0.146. The van der Waals surface area contributed by atoms with Crippen LogP contribution in [0, 0.1) is 3.57 Å². The van der Waals surface area contributed by atoms with Crippen molar-refractivity contribution in [2.45, 2.75) is 6.42 Å². The van der Waals surface area contributed by atoms with Crippen molar-refractivity contribution in [3.05, 3.63) is 39.6 Å². The first kappa shape index (κ1) is 12.8. The van der Waals surface area contributed by atoms with E-state index in [4.69, 9.17) is 10.3 Å². The van der Waals surface area contributed by atoms with Gasteiger partial charge in [0.2, 0.25) is 5.89 Å². The summed E-state index contributed by atoms with van der Waals surface area (Å²) in [6, 6.07) is 5.16. The number of hydrogen-bond donors (Lipinski definition) is 2. The molecule has 0 fully saturated rings. The molecule has 0 spiro atoms. The van der Waals surface area contributed by atoms with E-state index >= 15 is 0 Å². The predicted molar refractivity (Wildman–Crippen MR) is 73.9 cm³/mol. The van der Waals surface area contributed by atoms with Crippen molar-refractivity contribution in [2.24, 2.45) is 0 Å². The van der Waals surface area contributed by atoms with E-state index < -0.39 is 0 Å². The number of carbonyl (C=O) groups excluding carboxylic acids is 1. The zero-order valence-electron chi connectivity index (χ0n) is 9.39. The SMILES string of the molecule is Nc1ccc(C(=O)NCCc2ncno2)cc1I. The van der Waals surface area contributed by atoms with Gasteiger partial charge in [0.15, 0.2) is 6.33 Å². The summed E-state index contributed by atoms with van der Waals surface area (Å²) in [5.41, 5.74) is 6.93. The van der Waals surface area contributed by atoms with Gasteiger partial charge < -0.3 is 15.6 Å². The van der Waals surface area contributed by atoms with Crippen LogP contribution in [-0.2, 0) is 6.42 Å². The summed E-state index contributed by atoms with van der Waals surface area (Å²) in [7, 11) is 0. The molecule has 0 saturated carbocycles. The molecule has 1 aromatic heterocycles. The number of rotatable bonds is 4. The monoisotopic (exact) mass is 358 g/mol. The maximum atomic E-state index is 11.8. The van der Waals surface area contributed by atoms with E-state index in [2.05, 4.69) is 38.0 Å². The third-order valence-electron chi connectivity index (χ3n) is 2.29. The molecule has 0 atom stereocenters. The molecule has 7 heteroatoms. The Morgan fingerprint density at radius 1 is 1.50 bits per heavy atom. The molecule has 0 aliphatic rings. The fourth-order valence-electron chi connectivity index (χ4n) is 1.36. The molecule has 2 aromatic rings. The van der Waals surface area contributed by atoms with Crippen LogP contribution >= 0.6 is 22.6 Å². The number of halogens is 1. The Morgan fingerprint density at radius 3 is 3.00 bits per heavy atom. The highest BCUT2D eigenvalue weighted by atomic mass is 127. The summed E-state index contributed by atoms with van der Waals surface area (Å²) in [4.78, 5) is 15.7. The second kappa shape index (κ2) is 5.80. The van der Waals surface area contributed by atoms with Crippen LogP contribution in [0.5, 0.6) is 0 Å². The number of nitrogens with one attached hydrogen (secondary N) is 1. The molecule has 0 radical (unpaired) electrons. The van der Waals surface area contributed by atoms with Crippen LogP contribution in [0.2, 0.25) is 0 Å². The quantitative estimate of drug-likeness (QED) is 0.633. The van der Waals surface area contributed by atoms with Crippen LogP contribution in [0.1, 0.15) is 16.2 Å². The predicted octanol–water partition coefficient (Wildman–Crippen LogP) is 1.23. The molecule has 0 bridgehead atoms. The number of aromatic nitrogens is 2. The number of nitrogens with two attached hydrogens (primary N) is 1. The van der Waals surface area contributed by atoms with E-state index in [0.29, 0.717) is 30.1 Å². The summed E-state index contributed by atoms with van der Waals surface area (Å²) in [5.74, 6) is 0.356. The summed E-state index contributed by atoms with van der Waals surface area (Å²) in [6.07, 6.45) is 1.84. The minimum Gasteiger partial charge on any atom is -0.398 e. The lowest BCUT2D eigenvalue weighted by Crippen LogP contribution is -2.25. The number of hydrogen-bond acceptors (Lipinski definition) is 5. The standard InChI is InChI=1S/C11H11IN4O2/c12-8-5-7(1-2-9(8)13)11(17)14-4-3-10-15-6-16-18-10/h1-2,5-6H,3-4,13H2,(H,14,17). The van der Waals surface area contributed by atoms with Crippen LogP contribution in [0.25, 0.3) is 0 Å². The first-order valence-corrected chi connectivity index (χ1v) is 6.33. The van der Waals surface area contributed by atoms with Crippen LogP contribution in [0.4, 0.5) is 5.69 Å². The Kier molecular flexibility index (Phi) is 4.13. The third kappa shape index (κ3) is 3.19. The van der Waals surface area contributed by atoms with Gasteiger partial charge in [-0.1, -0.05) is 5.16 Å². The van der Waals surface area contributed by atoms with Gasteiger partial charge in [-0.05, 0) is 40.8 Å². The van der Waals surface area contributed by atoms with Crippen molar-refractivity contribution in [1.82, 2.24) is 15.5 Å². The van der Waals surface area contributed by atoms with Gasteiger partial charge in [0, 0.05) is 27.8 Å². The molecule has 18 heavy (non-hydrogen) atoms. The van der Waals surface area contributed by atoms with Gasteiger partial charge in [0.05, 0.1) is 0 Å². The molecular formula is C11H11IN4O2. The zero-order valence-corrected chi connectivity index (χ0v) is 11.5. The van der Waals surface area contributed by atoms with Crippen molar-refractivity contribution >= 4 is 34.2 Å². The number of carbonyl (C=O) groups is 1. The Morgan fingerprint density at radius 2 is 2.33 bits per heavy atom. The van der Waals surface area contributed by atoms with Crippen molar-refractivity contribution in [3.8, 4) is 0 Å². The van der Waals surface area contributed by atoms with Crippen molar-refractivity contribution < 1.29 is 9.32 Å². The average Bonchev–Trinajstić information content (AvgIpc) is 2.85. The minimum atomic E-state index is -0.146. The second-order valence-corrected chi connectivity index (χ2v) is 4.74. The molecular weight excluding hydrogens is 347 g/mol. The highest BCUT2D eigenvalue weighted by molar-refractivity contribution is 14.1. The molecule has 0 unspecified atom stereocenters. The van der Waals surface area contributed by atoms with Crippen LogP contribution in [-0.4, -0.2) is 22.6 Å². The first-order chi connectivity index (χ1) is 8.66. The number of nitrogen functional groups attached to an aromatic ring is 1. The Hall–Kier alpha value is -1.64. The molecule has 0 aliphatic carbocycles. The lowest BCUT2D eigenvalue weighted by Gasteiger charge is -2.05. The van der Waals surface area contributed by atoms with E-state index in [-0.39, 0.29) is 5.91 Å². The maximum absolute atomic E-state index is 11.8. The smallest absolute Gasteiger partial charge is 0.251 e. The van der Waals surface area contributed by atoms with Gasteiger partial charge in [-0.15, -0.1) is 0 Å². The van der Waals surface area contributed by atoms with Crippen molar-refractivity contribution in [3.63, 3.8) is 0 Å². The van der Waals surface area contributed by atoms with E-state index in [0.717, 1.165) is 3.57 Å². The Balaban J connectivity index is 1.89. The van der Waals surface area contributed by atoms with Crippen molar-refractivity contribution in [1.29, 1.82) is 0 Å². The fraction of sp³-hybridized carbons (Fsp3) is 0.182. The maximum Gasteiger partial charge on any atom is 0.251 e. The molecule has 3 N–H and O–H groups in total. The second-order valence-electron chi connectivity index (χ2n) is 3.58. The molecule has 6 nitrogen and oxygen atoms in total. The van der Waals surface area contributed by atoms with Crippen LogP contribution in [0.15, 0.2) is 29.0 Å². The van der Waals surface area contributed by atoms with Gasteiger partial charge in [0.1, 0.15) is 0 Å². The van der Waals surface area contributed by atoms with Gasteiger partial charge in [-0.25, -0.2) is 0 Å². The molecule has 1 aromatic carbocycles. The first-order valence-electron chi connectivity index (χ1n) is 5.25. The number of amides is 1. The summed E-state index contributed by atoms with van der Waals surface area (Å²) >= 11 is 2.09.